The number of carbonyl (C=O) groups excluding carboxylic acids is 3. The minimum Gasteiger partial charge on any atom is -0.461 e. The van der Waals surface area contributed by atoms with Gasteiger partial charge in [0.1, 0.15) is 6.54 Å². The summed E-state index contributed by atoms with van der Waals surface area (Å²) in [6, 6.07) is 17.0. The zero-order chi connectivity index (χ0) is 22.9. The van der Waals surface area contributed by atoms with Crippen molar-refractivity contribution >= 4 is 35.3 Å². The van der Waals surface area contributed by atoms with E-state index in [2.05, 4.69) is 15.4 Å². The molecule has 0 aliphatic carbocycles. The smallest absolute Gasteiger partial charge is 0.270 e. The van der Waals surface area contributed by atoms with Gasteiger partial charge in [0.05, 0.1) is 17.4 Å². The summed E-state index contributed by atoms with van der Waals surface area (Å²) >= 11 is 6.22. The Bertz CT molecular complexity index is 1340. The van der Waals surface area contributed by atoms with E-state index >= 15 is 0 Å². The molecule has 2 aromatic carbocycles. The Kier molecular flexibility index (Phi) is 5.23. The molecule has 164 valence electrons. The van der Waals surface area contributed by atoms with E-state index in [1.807, 2.05) is 18.2 Å². The Hall–Kier alpha value is -4.24. The molecule has 33 heavy (non-hydrogen) atoms. The molecule has 10 heteroatoms. The third kappa shape index (κ3) is 3.79. The molecule has 5 rings (SSSR count). The highest BCUT2D eigenvalue weighted by Crippen LogP contribution is 2.24. The number of benzene rings is 2. The number of hydrogen-bond donors (Lipinski definition) is 1. The van der Waals surface area contributed by atoms with Crippen LogP contribution in [-0.2, 0) is 6.54 Å². The van der Waals surface area contributed by atoms with E-state index in [4.69, 9.17) is 16.0 Å². The number of halogens is 1. The second-order valence-electron chi connectivity index (χ2n) is 7.23. The van der Waals surface area contributed by atoms with Crippen LogP contribution in [-0.4, -0.2) is 43.9 Å². The molecule has 0 atom stereocenters. The number of imide groups is 1. The second kappa shape index (κ2) is 8.36. The lowest BCUT2D eigenvalue weighted by atomic mass is 10.1. The standard InChI is InChI=1S/C23H16ClN5O4/c24-17-9-4-1-6-14(17)12-25-23-26-20(18-10-5-11-33-18)27-29(23)19(30)13-28-21(31)15-7-2-3-8-16(15)22(28)32/h1-11H,12-13H2,(H,25,26,27). The summed E-state index contributed by atoms with van der Waals surface area (Å²) in [4.78, 5) is 43.7. The molecular weight excluding hydrogens is 446 g/mol. The molecule has 0 spiro atoms. The summed E-state index contributed by atoms with van der Waals surface area (Å²) < 4.78 is 6.37. The van der Waals surface area contributed by atoms with Crippen molar-refractivity contribution in [2.75, 3.05) is 11.9 Å². The number of rotatable bonds is 6. The second-order valence-corrected chi connectivity index (χ2v) is 7.64. The van der Waals surface area contributed by atoms with Gasteiger partial charge in [-0.3, -0.25) is 19.3 Å². The summed E-state index contributed by atoms with van der Waals surface area (Å²) in [5.41, 5.74) is 1.32. The number of furan rings is 1. The fourth-order valence-electron chi connectivity index (χ4n) is 3.51. The largest absolute Gasteiger partial charge is 0.461 e. The quantitative estimate of drug-likeness (QED) is 0.435. The first-order valence-electron chi connectivity index (χ1n) is 9.99. The highest BCUT2D eigenvalue weighted by atomic mass is 35.5. The molecule has 0 fully saturated rings. The lowest BCUT2D eigenvalue weighted by molar-refractivity contribution is 0.0601. The van der Waals surface area contributed by atoms with E-state index in [0.29, 0.717) is 10.8 Å². The van der Waals surface area contributed by atoms with Gasteiger partial charge in [0, 0.05) is 11.6 Å². The fraction of sp³-hybridized carbons (Fsp3) is 0.0870. The van der Waals surface area contributed by atoms with Crippen molar-refractivity contribution in [2.45, 2.75) is 6.54 Å². The van der Waals surface area contributed by atoms with E-state index < -0.39 is 24.3 Å². The van der Waals surface area contributed by atoms with Gasteiger partial charge < -0.3 is 9.73 Å². The summed E-state index contributed by atoms with van der Waals surface area (Å²) in [6.45, 7) is -0.218. The molecule has 0 saturated carbocycles. The highest BCUT2D eigenvalue weighted by molar-refractivity contribution is 6.31. The van der Waals surface area contributed by atoms with Crippen LogP contribution in [0.15, 0.2) is 71.3 Å². The summed E-state index contributed by atoms with van der Waals surface area (Å²) in [7, 11) is 0. The zero-order valence-electron chi connectivity index (χ0n) is 17.1. The molecule has 1 N–H and O–H groups in total. The Morgan fingerprint density at radius 2 is 1.67 bits per heavy atom. The number of carbonyl (C=O) groups is 3. The molecule has 0 bridgehead atoms. The monoisotopic (exact) mass is 461 g/mol. The van der Waals surface area contributed by atoms with Crippen LogP contribution < -0.4 is 5.32 Å². The van der Waals surface area contributed by atoms with Crippen molar-refractivity contribution in [2.24, 2.45) is 0 Å². The van der Waals surface area contributed by atoms with Gasteiger partial charge in [-0.2, -0.15) is 9.67 Å². The van der Waals surface area contributed by atoms with Crippen molar-refractivity contribution in [3.63, 3.8) is 0 Å². The number of nitrogens with one attached hydrogen (secondary N) is 1. The minimum atomic E-state index is -0.614. The van der Waals surface area contributed by atoms with Gasteiger partial charge in [0.15, 0.2) is 5.76 Å². The number of fused-ring (bicyclic) bond motifs is 1. The van der Waals surface area contributed by atoms with Crippen LogP contribution in [0.3, 0.4) is 0 Å². The molecule has 2 amide bonds. The average molecular weight is 462 g/mol. The number of nitrogens with zero attached hydrogens (tertiary/aromatic N) is 4. The van der Waals surface area contributed by atoms with Gasteiger partial charge in [-0.1, -0.05) is 41.9 Å². The molecule has 2 aromatic heterocycles. The molecular formula is C23H16ClN5O4. The van der Waals surface area contributed by atoms with Gasteiger partial charge in [0.2, 0.25) is 11.8 Å². The Morgan fingerprint density at radius 1 is 0.970 bits per heavy atom. The van der Waals surface area contributed by atoms with E-state index in [9.17, 15) is 14.4 Å². The molecule has 0 saturated heterocycles. The van der Waals surface area contributed by atoms with E-state index in [0.717, 1.165) is 15.1 Å². The van der Waals surface area contributed by atoms with Crippen molar-refractivity contribution in [3.8, 4) is 11.6 Å². The molecule has 4 aromatic rings. The molecule has 3 heterocycles. The SMILES string of the molecule is O=C1c2ccccc2C(=O)N1CC(=O)n1nc(-c2ccco2)nc1NCc1ccccc1Cl. The topological polar surface area (TPSA) is 110 Å². The predicted octanol–water partition coefficient (Wildman–Crippen LogP) is 3.74. The number of anilines is 1. The van der Waals surface area contributed by atoms with E-state index in [1.54, 1.807) is 42.5 Å². The van der Waals surface area contributed by atoms with Crippen molar-refractivity contribution in [1.29, 1.82) is 0 Å². The molecule has 1 aliphatic heterocycles. The Morgan fingerprint density at radius 3 is 2.33 bits per heavy atom. The first kappa shape index (κ1) is 20.7. The van der Waals surface area contributed by atoms with E-state index in [-0.39, 0.29) is 29.4 Å². The maximum atomic E-state index is 13.1. The van der Waals surface area contributed by atoms with Gasteiger partial charge in [-0.15, -0.1) is 5.10 Å². The Balaban J connectivity index is 1.43. The van der Waals surface area contributed by atoms with Gasteiger partial charge >= 0.3 is 0 Å². The van der Waals surface area contributed by atoms with Gasteiger partial charge in [-0.05, 0) is 35.9 Å². The lowest BCUT2D eigenvalue weighted by Crippen LogP contribution is -2.37. The third-order valence-electron chi connectivity index (χ3n) is 5.15. The molecule has 9 nitrogen and oxygen atoms in total. The number of hydrogen-bond acceptors (Lipinski definition) is 7. The maximum Gasteiger partial charge on any atom is 0.270 e. The average Bonchev–Trinajstić information content (AvgIpc) is 3.55. The van der Waals surface area contributed by atoms with Crippen molar-refractivity contribution in [1.82, 2.24) is 19.7 Å². The maximum absolute atomic E-state index is 13.1. The molecule has 0 radical (unpaired) electrons. The van der Waals surface area contributed by atoms with E-state index in [1.165, 1.54) is 6.26 Å². The van der Waals surface area contributed by atoms with Crippen LogP contribution >= 0.6 is 11.6 Å². The van der Waals surface area contributed by atoms with Crippen LogP contribution in [0.5, 0.6) is 0 Å². The van der Waals surface area contributed by atoms with Crippen molar-refractivity contribution in [3.05, 3.63) is 88.6 Å². The number of aromatic nitrogens is 3. The van der Waals surface area contributed by atoms with Crippen LogP contribution in [0.1, 0.15) is 31.1 Å². The first-order valence-corrected chi connectivity index (χ1v) is 10.4. The van der Waals surface area contributed by atoms with Crippen LogP contribution in [0.2, 0.25) is 5.02 Å². The Labute approximate surface area is 192 Å². The fourth-order valence-corrected chi connectivity index (χ4v) is 3.71. The zero-order valence-corrected chi connectivity index (χ0v) is 17.8. The first-order chi connectivity index (χ1) is 16.0. The number of amides is 2. The van der Waals surface area contributed by atoms with Crippen LogP contribution in [0.4, 0.5) is 5.95 Å². The third-order valence-corrected chi connectivity index (χ3v) is 5.52. The van der Waals surface area contributed by atoms with Crippen LogP contribution in [0.25, 0.3) is 11.6 Å². The minimum absolute atomic E-state index is 0.128. The highest BCUT2D eigenvalue weighted by Gasteiger charge is 2.37. The summed E-state index contributed by atoms with van der Waals surface area (Å²) in [6.07, 6.45) is 1.47. The van der Waals surface area contributed by atoms with Gasteiger partial charge in [0.25, 0.3) is 17.7 Å². The van der Waals surface area contributed by atoms with Crippen molar-refractivity contribution < 1.29 is 18.8 Å². The van der Waals surface area contributed by atoms with Crippen LogP contribution in [0, 0.1) is 0 Å². The predicted molar refractivity (Wildman–Crippen MR) is 119 cm³/mol. The molecule has 1 aliphatic rings. The lowest BCUT2D eigenvalue weighted by Gasteiger charge is -2.13. The van der Waals surface area contributed by atoms with Gasteiger partial charge in [-0.25, -0.2) is 0 Å². The molecule has 0 unspecified atom stereocenters. The normalized spacial score (nSPS) is 12.8. The summed E-state index contributed by atoms with van der Waals surface area (Å²) in [5.74, 6) is -0.998. The summed E-state index contributed by atoms with van der Waals surface area (Å²) in [5, 5.41) is 7.85.